The number of benzene rings is 2. The lowest BCUT2D eigenvalue weighted by atomic mass is 10.1. The number of oxazole rings is 1. The molecule has 1 aliphatic rings. The lowest BCUT2D eigenvalue weighted by Gasteiger charge is -2.12. The van der Waals surface area contributed by atoms with Gasteiger partial charge in [0.2, 0.25) is 5.89 Å². The highest BCUT2D eigenvalue weighted by atomic mass is 16.6. The summed E-state index contributed by atoms with van der Waals surface area (Å²) in [5, 5.41) is 3.98. The molecular formula is C16H11N3O3. The third kappa shape index (κ3) is 2.20. The van der Waals surface area contributed by atoms with E-state index in [-0.39, 0.29) is 6.61 Å². The minimum atomic E-state index is -0.546. The highest BCUT2D eigenvalue weighted by molar-refractivity contribution is 6.05. The zero-order valence-corrected chi connectivity index (χ0v) is 11.4. The van der Waals surface area contributed by atoms with E-state index in [1.807, 2.05) is 48.5 Å². The van der Waals surface area contributed by atoms with Gasteiger partial charge in [-0.25, -0.2) is 15.2 Å². The van der Waals surface area contributed by atoms with Crippen LogP contribution in [0.1, 0.15) is 5.56 Å². The second-order valence-electron chi connectivity index (χ2n) is 4.81. The maximum absolute atomic E-state index is 10.9. The van der Waals surface area contributed by atoms with Crippen LogP contribution in [0.15, 0.2) is 58.0 Å². The van der Waals surface area contributed by atoms with Crippen LogP contribution < -0.4 is 5.43 Å². The van der Waals surface area contributed by atoms with Gasteiger partial charge >= 0.3 is 6.09 Å². The first-order chi connectivity index (χ1) is 10.8. The molecule has 1 N–H and O–H groups in total. The average Bonchev–Trinajstić information content (AvgIpc) is 2.99. The first-order valence-electron chi connectivity index (χ1n) is 6.75. The molecule has 0 fully saturated rings. The number of nitrogens with one attached hydrogen (secondary N) is 1. The molecule has 4 rings (SSSR count). The van der Waals surface area contributed by atoms with E-state index < -0.39 is 6.09 Å². The Labute approximate surface area is 125 Å². The molecule has 0 saturated heterocycles. The van der Waals surface area contributed by atoms with Gasteiger partial charge in [-0.1, -0.05) is 24.3 Å². The highest BCUT2D eigenvalue weighted by Gasteiger charge is 2.16. The number of carbonyl (C=O) groups excluding carboxylic acids is 1. The summed E-state index contributed by atoms with van der Waals surface area (Å²) >= 11 is 0. The third-order valence-electron chi connectivity index (χ3n) is 3.36. The van der Waals surface area contributed by atoms with Crippen LogP contribution in [0.5, 0.6) is 0 Å². The van der Waals surface area contributed by atoms with Crippen molar-refractivity contribution in [2.75, 3.05) is 6.61 Å². The molecule has 0 atom stereocenters. The number of carbonyl (C=O) groups is 1. The average molecular weight is 293 g/mol. The first-order valence-corrected chi connectivity index (χ1v) is 6.75. The van der Waals surface area contributed by atoms with Crippen LogP contribution in [0, 0.1) is 0 Å². The summed E-state index contributed by atoms with van der Waals surface area (Å²) < 4.78 is 10.7. The Bertz CT molecular complexity index is 884. The molecule has 0 aliphatic carbocycles. The standard InChI is InChI=1S/C16H11N3O3/c20-16-19-18-13(9-21-16)11-6-7-12-14(8-11)22-15(17-12)10-4-2-1-3-5-10/h1-8H,9H2,(H,19,20). The van der Waals surface area contributed by atoms with Crippen molar-refractivity contribution >= 4 is 22.9 Å². The molecule has 0 unspecified atom stereocenters. The number of rotatable bonds is 2. The Morgan fingerprint density at radius 1 is 1.05 bits per heavy atom. The summed E-state index contributed by atoms with van der Waals surface area (Å²) in [5.74, 6) is 0.572. The number of amides is 1. The Hall–Kier alpha value is -3.15. The Morgan fingerprint density at radius 3 is 2.68 bits per heavy atom. The van der Waals surface area contributed by atoms with Gasteiger partial charge in [-0.2, -0.15) is 5.10 Å². The molecule has 1 aromatic heterocycles. The lowest BCUT2D eigenvalue weighted by molar-refractivity contribution is 0.157. The maximum atomic E-state index is 10.9. The van der Waals surface area contributed by atoms with Crippen molar-refractivity contribution in [3.8, 4) is 11.5 Å². The van der Waals surface area contributed by atoms with Crippen LogP contribution in [0.2, 0.25) is 0 Å². The SMILES string of the molecule is O=C1NN=C(c2ccc3nc(-c4ccccc4)oc3c2)CO1. The molecule has 0 saturated carbocycles. The number of hydrogen-bond donors (Lipinski definition) is 1. The monoisotopic (exact) mass is 293 g/mol. The van der Waals surface area contributed by atoms with Crippen LogP contribution in [0.4, 0.5) is 4.79 Å². The topological polar surface area (TPSA) is 76.7 Å². The second-order valence-corrected chi connectivity index (χ2v) is 4.81. The Balaban J connectivity index is 1.74. The van der Waals surface area contributed by atoms with E-state index >= 15 is 0 Å². The van der Waals surface area contributed by atoms with Crippen molar-refractivity contribution in [1.29, 1.82) is 0 Å². The van der Waals surface area contributed by atoms with Gasteiger partial charge in [0.25, 0.3) is 0 Å². The van der Waals surface area contributed by atoms with Crippen LogP contribution in [-0.2, 0) is 4.74 Å². The molecule has 0 bridgehead atoms. The molecule has 2 heterocycles. The smallest absolute Gasteiger partial charge is 0.428 e. The van der Waals surface area contributed by atoms with E-state index in [0.717, 1.165) is 16.6 Å². The van der Waals surface area contributed by atoms with Gasteiger partial charge in [0.1, 0.15) is 17.8 Å². The number of hydrazone groups is 1. The zero-order chi connectivity index (χ0) is 14.9. The van der Waals surface area contributed by atoms with Crippen LogP contribution in [0.3, 0.4) is 0 Å². The van der Waals surface area contributed by atoms with E-state index in [1.54, 1.807) is 0 Å². The van der Waals surface area contributed by atoms with Crippen LogP contribution >= 0.6 is 0 Å². The Morgan fingerprint density at radius 2 is 1.91 bits per heavy atom. The van der Waals surface area contributed by atoms with Gasteiger partial charge in [0.15, 0.2) is 5.58 Å². The summed E-state index contributed by atoms with van der Waals surface area (Å²) in [6, 6.07) is 15.3. The van der Waals surface area contributed by atoms with Crippen molar-refractivity contribution in [3.05, 3.63) is 54.1 Å². The Kier molecular flexibility index (Phi) is 2.86. The summed E-state index contributed by atoms with van der Waals surface area (Å²) in [4.78, 5) is 15.4. The highest BCUT2D eigenvalue weighted by Crippen LogP contribution is 2.25. The van der Waals surface area contributed by atoms with Crippen LogP contribution in [0.25, 0.3) is 22.6 Å². The third-order valence-corrected chi connectivity index (χ3v) is 3.36. The molecule has 2 aromatic carbocycles. The van der Waals surface area contributed by atoms with E-state index in [4.69, 9.17) is 9.15 Å². The van der Waals surface area contributed by atoms with Gasteiger partial charge < -0.3 is 9.15 Å². The molecule has 1 amide bonds. The van der Waals surface area contributed by atoms with Gasteiger partial charge in [0, 0.05) is 11.1 Å². The summed E-state index contributed by atoms with van der Waals surface area (Å²) in [6.07, 6.45) is -0.546. The number of nitrogens with zero attached hydrogens (tertiary/aromatic N) is 2. The fraction of sp³-hybridized carbons (Fsp3) is 0.0625. The van der Waals surface area contributed by atoms with Crippen molar-refractivity contribution in [2.45, 2.75) is 0 Å². The van der Waals surface area contributed by atoms with Crippen molar-refractivity contribution < 1.29 is 13.9 Å². The predicted octanol–water partition coefficient (Wildman–Crippen LogP) is 2.94. The minimum absolute atomic E-state index is 0.136. The largest absolute Gasteiger partial charge is 0.442 e. The second kappa shape index (κ2) is 5.00. The molecule has 6 nitrogen and oxygen atoms in total. The zero-order valence-electron chi connectivity index (χ0n) is 11.4. The maximum Gasteiger partial charge on any atom is 0.428 e. The van der Waals surface area contributed by atoms with E-state index in [9.17, 15) is 4.79 Å². The minimum Gasteiger partial charge on any atom is -0.442 e. The number of aromatic nitrogens is 1. The summed E-state index contributed by atoms with van der Waals surface area (Å²) in [5.41, 5.74) is 6.10. The molecule has 6 heteroatoms. The van der Waals surface area contributed by atoms with E-state index in [2.05, 4.69) is 15.5 Å². The van der Waals surface area contributed by atoms with Crippen molar-refractivity contribution in [1.82, 2.24) is 10.4 Å². The van der Waals surface area contributed by atoms with Crippen molar-refractivity contribution in [3.63, 3.8) is 0 Å². The molecule has 0 spiro atoms. The van der Waals surface area contributed by atoms with E-state index in [1.165, 1.54) is 0 Å². The van der Waals surface area contributed by atoms with Gasteiger partial charge in [0.05, 0.1) is 0 Å². The molecular weight excluding hydrogens is 282 g/mol. The fourth-order valence-electron chi connectivity index (χ4n) is 2.27. The van der Waals surface area contributed by atoms with Crippen molar-refractivity contribution in [2.24, 2.45) is 5.10 Å². The number of cyclic esters (lactones) is 1. The number of ether oxygens (including phenoxy) is 1. The van der Waals surface area contributed by atoms with Gasteiger partial charge in [-0.3, -0.25) is 0 Å². The molecule has 22 heavy (non-hydrogen) atoms. The molecule has 0 radical (unpaired) electrons. The van der Waals surface area contributed by atoms with Crippen LogP contribution in [-0.4, -0.2) is 23.4 Å². The summed E-state index contributed by atoms with van der Waals surface area (Å²) in [7, 11) is 0. The molecule has 3 aromatic rings. The number of fused-ring (bicyclic) bond motifs is 1. The fourth-order valence-corrected chi connectivity index (χ4v) is 2.27. The summed E-state index contributed by atoms with van der Waals surface area (Å²) in [6.45, 7) is 0.136. The molecule has 1 aliphatic heterocycles. The predicted molar refractivity (Wildman–Crippen MR) is 80.5 cm³/mol. The number of hydrogen-bond acceptors (Lipinski definition) is 5. The quantitative estimate of drug-likeness (QED) is 0.788. The first kappa shape index (κ1) is 12.6. The molecule has 108 valence electrons. The van der Waals surface area contributed by atoms with Gasteiger partial charge in [-0.15, -0.1) is 0 Å². The van der Waals surface area contributed by atoms with E-state index in [0.29, 0.717) is 17.2 Å². The lowest BCUT2D eigenvalue weighted by Crippen LogP contribution is -2.30. The normalized spacial score (nSPS) is 14.4. The van der Waals surface area contributed by atoms with Gasteiger partial charge in [-0.05, 0) is 24.3 Å².